The summed E-state index contributed by atoms with van der Waals surface area (Å²) in [6, 6.07) is 2.20. The highest BCUT2D eigenvalue weighted by molar-refractivity contribution is 5.74. The molecular weight excluding hydrogens is 248 g/mol. The summed E-state index contributed by atoms with van der Waals surface area (Å²) < 4.78 is 2.10. The Morgan fingerprint density at radius 3 is 2.90 bits per heavy atom. The second-order valence-corrected chi connectivity index (χ2v) is 5.87. The molecule has 0 radical (unpaired) electrons. The first-order valence-corrected chi connectivity index (χ1v) is 7.88. The highest BCUT2D eigenvalue weighted by Crippen LogP contribution is 2.26. The van der Waals surface area contributed by atoms with Gasteiger partial charge in [0.2, 0.25) is 0 Å². The average molecular weight is 272 g/mol. The lowest BCUT2D eigenvalue weighted by atomic mass is 9.89. The van der Waals surface area contributed by atoms with Crippen LogP contribution in [0.1, 0.15) is 44.6 Å². The van der Waals surface area contributed by atoms with Crippen molar-refractivity contribution in [2.45, 2.75) is 52.1 Å². The lowest BCUT2D eigenvalue weighted by Crippen LogP contribution is -2.15. The third-order valence-corrected chi connectivity index (χ3v) is 4.27. The Labute approximate surface area is 120 Å². The first-order chi connectivity index (χ1) is 9.86. The molecule has 4 nitrogen and oxygen atoms in total. The van der Waals surface area contributed by atoms with E-state index < -0.39 is 0 Å². The van der Waals surface area contributed by atoms with Crippen LogP contribution < -0.4 is 5.32 Å². The van der Waals surface area contributed by atoms with E-state index in [0.29, 0.717) is 0 Å². The van der Waals surface area contributed by atoms with Gasteiger partial charge in [-0.2, -0.15) is 5.10 Å². The van der Waals surface area contributed by atoms with Crippen LogP contribution in [0, 0.1) is 5.92 Å². The van der Waals surface area contributed by atoms with E-state index in [9.17, 15) is 0 Å². The average Bonchev–Trinajstić information content (AvgIpc) is 2.89. The van der Waals surface area contributed by atoms with Gasteiger partial charge < -0.3 is 5.32 Å². The number of aromatic nitrogens is 3. The Hall–Kier alpha value is -1.42. The van der Waals surface area contributed by atoms with Crippen molar-refractivity contribution >= 4 is 11.0 Å². The maximum Gasteiger partial charge on any atom is 0.157 e. The van der Waals surface area contributed by atoms with E-state index in [0.717, 1.165) is 36.6 Å². The van der Waals surface area contributed by atoms with Crippen molar-refractivity contribution in [1.29, 1.82) is 0 Å². The number of nitrogens with one attached hydrogen (secondary N) is 1. The molecule has 2 aromatic heterocycles. The van der Waals surface area contributed by atoms with Crippen molar-refractivity contribution in [3.8, 4) is 0 Å². The highest BCUT2D eigenvalue weighted by atomic mass is 15.3. The lowest BCUT2D eigenvalue weighted by Gasteiger charge is -2.21. The molecule has 0 saturated heterocycles. The molecule has 1 fully saturated rings. The molecule has 1 aliphatic carbocycles. The van der Waals surface area contributed by atoms with Gasteiger partial charge in [-0.15, -0.1) is 0 Å². The van der Waals surface area contributed by atoms with E-state index >= 15 is 0 Å². The van der Waals surface area contributed by atoms with Gasteiger partial charge in [-0.1, -0.05) is 26.2 Å². The number of hydrogen-bond donors (Lipinski definition) is 1. The number of fused-ring (bicyclic) bond motifs is 1. The maximum atomic E-state index is 4.62. The standard InChI is InChI=1S/C16H24N4/c1-2-17-9-14-8-15-11-19-20(16(15)18-10-14)12-13-6-4-3-5-7-13/h8,10-11,13,17H,2-7,9,12H2,1H3. The zero-order chi connectivity index (χ0) is 13.8. The van der Waals surface area contributed by atoms with Gasteiger partial charge in [0.15, 0.2) is 5.65 Å². The van der Waals surface area contributed by atoms with Gasteiger partial charge in [0.25, 0.3) is 0 Å². The molecule has 1 N–H and O–H groups in total. The second-order valence-electron chi connectivity index (χ2n) is 5.87. The maximum absolute atomic E-state index is 4.62. The first-order valence-electron chi connectivity index (χ1n) is 7.88. The summed E-state index contributed by atoms with van der Waals surface area (Å²) >= 11 is 0. The van der Waals surface area contributed by atoms with Crippen molar-refractivity contribution in [3.63, 3.8) is 0 Å². The number of rotatable bonds is 5. The molecule has 0 aromatic carbocycles. The Bertz CT molecular complexity index is 555. The van der Waals surface area contributed by atoms with Gasteiger partial charge in [0.05, 0.1) is 6.20 Å². The normalized spacial score (nSPS) is 16.9. The molecule has 4 heteroatoms. The van der Waals surface area contributed by atoms with E-state index in [2.05, 4.69) is 33.1 Å². The number of nitrogens with zero attached hydrogens (tertiary/aromatic N) is 3. The summed E-state index contributed by atoms with van der Waals surface area (Å²) in [6.07, 6.45) is 10.8. The Balaban J connectivity index is 1.75. The zero-order valence-corrected chi connectivity index (χ0v) is 12.3. The second kappa shape index (κ2) is 6.35. The lowest BCUT2D eigenvalue weighted by molar-refractivity contribution is 0.311. The van der Waals surface area contributed by atoms with E-state index in [-0.39, 0.29) is 0 Å². The Kier molecular flexibility index (Phi) is 4.31. The van der Waals surface area contributed by atoms with Crippen LogP contribution in [0.2, 0.25) is 0 Å². The number of hydrogen-bond acceptors (Lipinski definition) is 3. The van der Waals surface area contributed by atoms with E-state index in [1.54, 1.807) is 0 Å². The summed E-state index contributed by atoms with van der Waals surface area (Å²) in [4.78, 5) is 4.62. The molecule has 0 aliphatic heterocycles. The summed E-state index contributed by atoms with van der Waals surface area (Å²) in [5.74, 6) is 0.787. The van der Waals surface area contributed by atoms with Crippen molar-refractivity contribution < 1.29 is 0 Å². The molecule has 0 atom stereocenters. The topological polar surface area (TPSA) is 42.7 Å². The minimum absolute atomic E-state index is 0.787. The molecule has 20 heavy (non-hydrogen) atoms. The quantitative estimate of drug-likeness (QED) is 0.909. The SMILES string of the molecule is CCNCc1cnc2c(cnn2CC2CCCCC2)c1. The van der Waals surface area contributed by atoms with Crippen LogP contribution in [0.15, 0.2) is 18.5 Å². The predicted octanol–water partition coefficient (Wildman–Crippen LogP) is 3.12. The predicted molar refractivity (Wildman–Crippen MR) is 81.5 cm³/mol. The highest BCUT2D eigenvalue weighted by Gasteiger charge is 2.15. The molecule has 1 aliphatic rings. The van der Waals surface area contributed by atoms with Crippen LogP contribution >= 0.6 is 0 Å². The minimum atomic E-state index is 0.787. The van der Waals surface area contributed by atoms with Crippen LogP contribution in [0.3, 0.4) is 0 Å². The van der Waals surface area contributed by atoms with Gasteiger partial charge in [0, 0.05) is 24.7 Å². The van der Waals surface area contributed by atoms with Gasteiger partial charge in [0.1, 0.15) is 0 Å². The van der Waals surface area contributed by atoms with Crippen LogP contribution in [-0.2, 0) is 13.1 Å². The molecule has 2 aromatic rings. The molecule has 2 heterocycles. The molecule has 3 rings (SSSR count). The van der Waals surface area contributed by atoms with Crippen LogP contribution in [0.25, 0.3) is 11.0 Å². The van der Waals surface area contributed by atoms with Crippen LogP contribution in [0.5, 0.6) is 0 Å². The molecule has 0 amide bonds. The van der Waals surface area contributed by atoms with Gasteiger partial charge in [-0.05, 0) is 36.9 Å². The largest absolute Gasteiger partial charge is 0.313 e. The first kappa shape index (κ1) is 13.6. The fraction of sp³-hybridized carbons (Fsp3) is 0.625. The summed E-state index contributed by atoms with van der Waals surface area (Å²) in [5.41, 5.74) is 2.27. The van der Waals surface area contributed by atoms with E-state index in [1.165, 1.54) is 37.7 Å². The molecule has 0 spiro atoms. The van der Waals surface area contributed by atoms with Crippen molar-refractivity contribution in [1.82, 2.24) is 20.1 Å². The van der Waals surface area contributed by atoms with Crippen molar-refractivity contribution in [2.24, 2.45) is 5.92 Å². The van der Waals surface area contributed by atoms with Crippen LogP contribution in [0.4, 0.5) is 0 Å². The number of pyridine rings is 1. The van der Waals surface area contributed by atoms with Gasteiger partial charge in [-0.3, -0.25) is 0 Å². The molecular formula is C16H24N4. The summed E-state index contributed by atoms with van der Waals surface area (Å²) in [6.45, 7) is 5.02. The van der Waals surface area contributed by atoms with Crippen molar-refractivity contribution in [2.75, 3.05) is 6.54 Å². The zero-order valence-electron chi connectivity index (χ0n) is 12.3. The van der Waals surface area contributed by atoms with E-state index in [1.807, 2.05) is 12.4 Å². The van der Waals surface area contributed by atoms with Gasteiger partial charge in [-0.25, -0.2) is 9.67 Å². The van der Waals surface area contributed by atoms with Crippen LogP contribution in [-0.4, -0.2) is 21.3 Å². The third kappa shape index (κ3) is 3.01. The smallest absolute Gasteiger partial charge is 0.157 e. The van der Waals surface area contributed by atoms with E-state index in [4.69, 9.17) is 0 Å². The minimum Gasteiger partial charge on any atom is -0.313 e. The molecule has 1 saturated carbocycles. The fourth-order valence-corrected chi connectivity index (χ4v) is 3.13. The van der Waals surface area contributed by atoms with Crippen molar-refractivity contribution in [3.05, 3.63) is 24.0 Å². The Morgan fingerprint density at radius 1 is 1.25 bits per heavy atom. The summed E-state index contributed by atoms with van der Waals surface area (Å²) in [7, 11) is 0. The third-order valence-electron chi connectivity index (χ3n) is 4.27. The molecule has 0 bridgehead atoms. The fourth-order valence-electron chi connectivity index (χ4n) is 3.13. The molecule has 108 valence electrons. The van der Waals surface area contributed by atoms with Gasteiger partial charge >= 0.3 is 0 Å². The monoisotopic (exact) mass is 272 g/mol. The molecule has 0 unspecified atom stereocenters. The summed E-state index contributed by atoms with van der Waals surface area (Å²) in [5, 5.41) is 9.04. The Morgan fingerprint density at radius 2 is 2.10 bits per heavy atom.